The van der Waals surface area contributed by atoms with Crippen molar-refractivity contribution in [1.82, 2.24) is 4.98 Å². The van der Waals surface area contributed by atoms with Crippen LogP contribution in [0.2, 0.25) is 0 Å². The Labute approximate surface area is 134 Å². The number of benzene rings is 1. The van der Waals surface area contributed by atoms with Crippen LogP contribution in [-0.4, -0.2) is 17.4 Å². The summed E-state index contributed by atoms with van der Waals surface area (Å²) < 4.78 is 6.41. The van der Waals surface area contributed by atoms with Crippen molar-refractivity contribution in [3.8, 4) is 11.8 Å². The number of thiazole rings is 1. The molecule has 0 amide bonds. The van der Waals surface area contributed by atoms with Gasteiger partial charge in [0.25, 0.3) is 0 Å². The van der Waals surface area contributed by atoms with Crippen molar-refractivity contribution in [2.45, 2.75) is 12.8 Å². The normalized spacial score (nSPS) is 11.7. The number of nitrogens with zero attached hydrogens (tertiary/aromatic N) is 2. The van der Waals surface area contributed by atoms with Gasteiger partial charge in [0.05, 0.1) is 9.64 Å². The molecule has 6 heteroatoms. The summed E-state index contributed by atoms with van der Waals surface area (Å²) in [7, 11) is 0. The quantitative estimate of drug-likeness (QED) is 0.726. The molecule has 0 radical (unpaired) electrons. The number of ether oxygens (including phenoxy) is 1. The first kappa shape index (κ1) is 14.9. The molecule has 2 aromatic rings. The number of para-hydroxylation sites is 1. The van der Waals surface area contributed by atoms with Crippen LogP contribution < -0.4 is 4.74 Å². The van der Waals surface area contributed by atoms with Gasteiger partial charge in [-0.3, -0.25) is 4.79 Å². The number of hydrogen-bond donors (Lipinski definition) is 0. The molecule has 2 rings (SSSR count). The minimum atomic E-state index is -0.852. The van der Waals surface area contributed by atoms with Crippen molar-refractivity contribution in [3.05, 3.63) is 43.9 Å². The van der Waals surface area contributed by atoms with E-state index in [4.69, 9.17) is 10.00 Å². The number of ketones is 1. The van der Waals surface area contributed by atoms with Gasteiger partial charge in [-0.15, -0.1) is 11.3 Å². The highest BCUT2D eigenvalue weighted by atomic mass is 127. The maximum Gasteiger partial charge on any atom is 0.194 e. The highest BCUT2D eigenvalue weighted by Gasteiger charge is 2.23. The fourth-order valence-corrected chi connectivity index (χ4v) is 2.97. The second-order valence-electron chi connectivity index (χ2n) is 4.07. The van der Waals surface area contributed by atoms with Gasteiger partial charge in [0, 0.05) is 11.1 Å². The van der Waals surface area contributed by atoms with Gasteiger partial charge in [-0.05, 0) is 41.6 Å². The zero-order chi connectivity index (χ0) is 14.5. The fraction of sp³-hybridized carbons (Fsp3) is 0.214. The lowest BCUT2D eigenvalue weighted by Crippen LogP contribution is -2.19. The minimum absolute atomic E-state index is 0.128. The molecule has 0 bridgehead atoms. The number of rotatable bonds is 5. The highest BCUT2D eigenvalue weighted by Crippen LogP contribution is 2.23. The molecule has 1 aromatic heterocycles. The van der Waals surface area contributed by atoms with Gasteiger partial charge < -0.3 is 4.74 Å². The van der Waals surface area contributed by atoms with Gasteiger partial charge in [0.2, 0.25) is 0 Å². The van der Waals surface area contributed by atoms with Crippen molar-refractivity contribution in [2.75, 3.05) is 6.61 Å². The predicted molar refractivity (Wildman–Crippen MR) is 84.9 cm³/mol. The summed E-state index contributed by atoms with van der Waals surface area (Å²) in [5.74, 6) is -0.481. The Morgan fingerprint density at radius 1 is 1.55 bits per heavy atom. The SMILES string of the molecule is Cc1csc(C(C#N)C(=O)COc2ccccc2I)n1. The Bertz CT molecular complexity index is 663. The molecule has 4 nitrogen and oxygen atoms in total. The Morgan fingerprint density at radius 2 is 2.30 bits per heavy atom. The lowest BCUT2D eigenvalue weighted by molar-refractivity contribution is -0.121. The Hall–Kier alpha value is -1.46. The lowest BCUT2D eigenvalue weighted by atomic mass is 10.1. The average molecular weight is 398 g/mol. The van der Waals surface area contributed by atoms with E-state index in [9.17, 15) is 4.79 Å². The van der Waals surface area contributed by atoms with E-state index in [2.05, 4.69) is 27.6 Å². The first-order valence-electron chi connectivity index (χ1n) is 5.83. The molecule has 1 aromatic carbocycles. The molecular formula is C14H11IN2O2S. The number of nitriles is 1. The van der Waals surface area contributed by atoms with Crippen LogP contribution in [-0.2, 0) is 4.79 Å². The Balaban J connectivity index is 2.04. The van der Waals surface area contributed by atoms with E-state index in [1.807, 2.05) is 36.6 Å². The summed E-state index contributed by atoms with van der Waals surface area (Å²) in [6.45, 7) is 1.71. The van der Waals surface area contributed by atoms with E-state index in [1.165, 1.54) is 11.3 Å². The number of halogens is 1. The van der Waals surface area contributed by atoms with Crippen molar-refractivity contribution in [3.63, 3.8) is 0 Å². The molecule has 0 N–H and O–H groups in total. The van der Waals surface area contributed by atoms with E-state index >= 15 is 0 Å². The molecule has 0 aliphatic rings. The van der Waals surface area contributed by atoms with Crippen molar-refractivity contribution in [2.24, 2.45) is 0 Å². The summed E-state index contributed by atoms with van der Waals surface area (Å²) >= 11 is 3.46. The van der Waals surface area contributed by atoms with Crippen molar-refractivity contribution >= 4 is 39.7 Å². The van der Waals surface area contributed by atoms with Gasteiger partial charge in [-0.1, -0.05) is 12.1 Å². The molecule has 1 atom stereocenters. The summed E-state index contributed by atoms with van der Waals surface area (Å²) in [6, 6.07) is 9.43. The maximum atomic E-state index is 12.1. The lowest BCUT2D eigenvalue weighted by Gasteiger charge is -2.09. The van der Waals surface area contributed by atoms with Crippen LogP contribution in [0.1, 0.15) is 16.6 Å². The monoisotopic (exact) mass is 398 g/mol. The zero-order valence-corrected chi connectivity index (χ0v) is 13.6. The molecule has 102 valence electrons. The largest absolute Gasteiger partial charge is 0.485 e. The third kappa shape index (κ3) is 3.55. The van der Waals surface area contributed by atoms with Gasteiger partial charge in [0.1, 0.15) is 17.4 Å². The Morgan fingerprint density at radius 3 is 2.90 bits per heavy atom. The predicted octanol–water partition coefficient (Wildman–Crippen LogP) is 3.31. The van der Waals surface area contributed by atoms with Crippen LogP contribution in [0, 0.1) is 21.8 Å². The second-order valence-corrected chi connectivity index (χ2v) is 6.13. The van der Waals surface area contributed by atoms with Gasteiger partial charge in [-0.25, -0.2) is 4.98 Å². The van der Waals surface area contributed by atoms with Crippen LogP contribution in [0.3, 0.4) is 0 Å². The first-order chi connectivity index (χ1) is 9.61. The maximum absolute atomic E-state index is 12.1. The van der Waals surface area contributed by atoms with Gasteiger partial charge in [-0.2, -0.15) is 5.26 Å². The smallest absolute Gasteiger partial charge is 0.194 e. The molecular weight excluding hydrogens is 387 g/mol. The number of Topliss-reactive ketones (excluding diaryl/α,β-unsaturated/α-hetero) is 1. The van der Waals surface area contributed by atoms with Gasteiger partial charge >= 0.3 is 0 Å². The van der Waals surface area contributed by atoms with Crippen LogP contribution in [0.15, 0.2) is 29.6 Å². The highest BCUT2D eigenvalue weighted by molar-refractivity contribution is 14.1. The van der Waals surface area contributed by atoms with E-state index in [1.54, 1.807) is 6.07 Å². The third-order valence-corrected chi connectivity index (χ3v) is 4.46. The molecule has 0 spiro atoms. The van der Waals surface area contributed by atoms with E-state index in [0.717, 1.165) is 9.26 Å². The van der Waals surface area contributed by atoms with Crippen molar-refractivity contribution in [1.29, 1.82) is 5.26 Å². The Kier molecular flexibility index (Phi) is 5.09. The molecule has 1 unspecified atom stereocenters. The molecule has 0 saturated heterocycles. The average Bonchev–Trinajstić information content (AvgIpc) is 2.85. The zero-order valence-electron chi connectivity index (χ0n) is 10.7. The summed E-state index contributed by atoms with van der Waals surface area (Å²) in [4.78, 5) is 16.3. The number of aromatic nitrogens is 1. The first-order valence-corrected chi connectivity index (χ1v) is 7.79. The van der Waals surface area contributed by atoms with E-state index in [-0.39, 0.29) is 12.4 Å². The molecule has 20 heavy (non-hydrogen) atoms. The van der Waals surface area contributed by atoms with E-state index in [0.29, 0.717) is 10.8 Å². The topological polar surface area (TPSA) is 63.0 Å². The number of aryl methyl sites for hydroxylation is 1. The second kappa shape index (κ2) is 6.81. The number of hydrogen-bond acceptors (Lipinski definition) is 5. The molecule has 1 heterocycles. The van der Waals surface area contributed by atoms with Crippen LogP contribution in [0.25, 0.3) is 0 Å². The summed E-state index contributed by atoms with van der Waals surface area (Å²) in [5.41, 5.74) is 0.816. The molecule has 0 fully saturated rings. The van der Waals surface area contributed by atoms with Gasteiger partial charge in [0.15, 0.2) is 11.7 Å². The summed E-state index contributed by atoms with van der Waals surface area (Å²) in [6.07, 6.45) is 0. The number of carbonyl (C=O) groups is 1. The number of carbonyl (C=O) groups excluding carboxylic acids is 1. The van der Waals surface area contributed by atoms with Crippen LogP contribution >= 0.6 is 33.9 Å². The van der Waals surface area contributed by atoms with Crippen LogP contribution in [0.4, 0.5) is 0 Å². The molecule has 0 saturated carbocycles. The van der Waals surface area contributed by atoms with E-state index < -0.39 is 5.92 Å². The molecule has 0 aliphatic heterocycles. The summed E-state index contributed by atoms with van der Waals surface area (Å²) in [5, 5.41) is 11.5. The van der Waals surface area contributed by atoms with Crippen molar-refractivity contribution < 1.29 is 9.53 Å². The minimum Gasteiger partial charge on any atom is -0.485 e. The fourth-order valence-electron chi connectivity index (χ4n) is 1.56. The standard InChI is InChI=1S/C14H11IN2O2S/c1-9-8-20-14(17-9)10(6-16)12(18)7-19-13-5-3-2-4-11(13)15/h2-5,8,10H,7H2,1H3. The molecule has 0 aliphatic carbocycles. The van der Waals surface area contributed by atoms with Crippen LogP contribution in [0.5, 0.6) is 5.75 Å². The third-order valence-electron chi connectivity index (χ3n) is 2.54.